The number of terminal acetylenes is 1. The first kappa shape index (κ1) is 9.61. The van der Waals surface area contributed by atoms with Crippen molar-refractivity contribution in [3.63, 3.8) is 0 Å². The summed E-state index contributed by atoms with van der Waals surface area (Å²) >= 11 is 0. The Hall–Kier alpha value is -0.480. The van der Waals surface area contributed by atoms with Crippen LogP contribution in [0.4, 0.5) is 0 Å². The van der Waals surface area contributed by atoms with Gasteiger partial charge in [-0.2, -0.15) is 0 Å². The van der Waals surface area contributed by atoms with Crippen LogP contribution in [0.15, 0.2) is 0 Å². The second-order valence-electron chi connectivity index (χ2n) is 4.50. The quantitative estimate of drug-likeness (QED) is 0.593. The van der Waals surface area contributed by atoms with Crippen molar-refractivity contribution in [1.82, 2.24) is 0 Å². The smallest absolute Gasteiger partial charge is 0.0806 e. The molecule has 1 saturated carbocycles. The first-order valence-electron chi connectivity index (χ1n) is 4.68. The molecular formula is C11H18O. The molecule has 0 aromatic rings. The molecule has 1 unspecified atom stereocenters. The molecule has 0 bridgehead atoms. The molecule has 1 heteroatoms. The summed E-state index contributed by atoms with van der Waals surface area (Å²) in [5.41, 5.74) is -0.613. The minimum Gasteiger partial charge on any atom is -0.388 e. The van der Waals surface area contributed by atoms with Crippen LogP contribution in [0.3, 0.4) is 0 Å². The Balaban J connectivity index is 2.78. The second kappa shape index (κ2) is 3.11. The molecule has 0 aromatic carbocycles. The normalized spacial score (nSPS) is 34.2. The number of hydrogen-bond acceptors (Lipinski definition) is 1. The molecule has 0 amide bonds. The zero-order chi connectivity index (χ0) is 9.24. The molecule has 1 N–H and O–H groups in total. The fourth-order valence-electron chi connectivity index (χ4n) is 2.05. The van der Waals surface area contributed by atoms with E-state index in [9.17, 15) is 5.11 Å². The predicted molar refractivity (Wildman–Crippen MR) is 50.6 cm³/mol. The van der Waals surface area contributed by atoms with Gasteiger partial charge in [-0.25, -0.2) is 0 Å². The van der Waals surface area contributed by atoms with E-state index in [1.165, 1.54) is 6.42 Å². The van der Waals surface area contributed by atoms with Gasteiger partial charge in [0.1, 0.15) is 0 Å². The lowest BCUT2D eigenvalue weighted by Crippen LogP contribution is -2.46. The van der Waals surface area contributed by atoms with Gasteiger partial charge >= 0.3 is 0 Å². The summed E-state index contributed by atoms with van der Waals surface area (Å²) in [5, 5.41) is 10.3. The van der Waals surface area contributed by atoms with E-state index >= 15 is 0 Å². The maximum Gasteiger partial charge on any atom is 0.0806 e. The van der Waals surface area contributed by atoms with Crippen molar-refractivity contribution in [2.45, 2.75) is 51.6 Å². The van der Waals surface area contributed by atoms with Crippen LogP contribution in [0, 0.1) is 17.8 Å². The highest BCUT2D eigenvalue weighted by Crippen LogP contribution is 2.45. The Morgan fingerprint density at radius 1 is 1.33 bits per heavy atom. The largest absolute Gasteiger partial charge is 0.388 e. The highest BCUT2D eigenvalue weighted by molar-refractivity contribution is 5.04. The fraction of sp³-hybridized carbons (Fsp3) is 0.818. The van der Waals surface area contributed by atoms with Crippen LogP contribution < -0.4 is 0 Å². The monoisotopic (exact) mass is 166 g/mol. The maximum absolute atomic E-state index is 10.3. The highest BCUT2D eigenvalue weighted by atomic mass is 16.3. The first-order chi connectivity index (χ1) is 5.52. The van der Waals surface area contributed by atoms with Crippen molar-refractivity contribution in [2.24, 2.45) is 5.41 Å². The third-order valence-corrected chi connectivity index (χ3v) is 3.30. The Kier molecular flexibility index (Phi) is 2.49. The van der Waals surface area contributed by atoms with E-state index in [1.807, 2.05) is 0 Å². The third kappa shape index (κ3) is 1.49. The molecule has 1 fully saturated rings. The van der Waals surface area contributed by atoms with Crippen molar-refractivity contribution in [3.8, 4) is 12.3 Å². The molecule has 12 heavy (non-hydrogen) atoms. The summed E-state index contributed by atoms with van der Waals surface area (Å²) < 4.78 is 0. The highest BCUT2D eigenvalue weighted by Gasteiger charge is 2.44. The van der Waals surface area contributed by atoms with Gasteiger partial charge in [0.2, 0.25) is 0 Å². The average Bonchev–Trinajstić information content (AvgIpc) is 1.96. The summed E-state index contributed by atoms with van der Waals surface area (Å²) in [5.74, 6) is 2.58. The molecule has 1 aliphatic rings. The maximum atomic E-state index is 10.3. The standard InChI is InChI=1S/C11H18O/c1-4-7-11(12)9-6-5-8-10(11,2)3/h1,12H,5-9H2,2-3H3. The molecular weight excluding hydrogens is 148 g/mol. The van der Waals surface area contributed by atoms with Crippen LogP contribution >= 0.6 is 0 Å². The summed E-state index contributed by atoms with van der Waals surface area (Å²) in [4.78, 5) is 0. The minimum absolute atomic E-state index is 0.00236. The zero-order valence-electron chi connectivity index (χ0n) is 8.06. The molecule has 0 aliphatic heterocycles. The summed E-state index contributed by atoms with van der Waals surface area (Å²) in [7, 11) is 0. The van der Waals surface area contributed by atoms with Crippen LogP contribution in [0.2, 0.25) is 0 Å². The van der Waals surface area contributed by atoms with Crippen LogP contribution in [-0.4, -0.2) is 10.7 Å². The minimum atomic E-state index is -0.611. The summed E-state index contributed by atoms with van der Waals surface area (Å²) in [6.07, 6.45) is 10.0. The molecule has 1 atom stereocenters. The van der Waals surface area contributed by atoms with E-state index in [0.29, 0.717) is 6.42 Å². The SMILES string of the molecule is C#CCC1(O)CCCCC1(C)C. The van der Waals surface area contributed by atoms with Gasteiger partial charge in [-0.3, -0.25) is 0 Å². The molecule has 1 aliphatic carbocycles. The number of rotatable bonds is 1. The lowest BCUT2D eigenvalue weighted by Gasteiger charge is -2.45. The Morgan fingerprint density at radius 2 is 1.92 bits per heavy atom. The van der Waals surface area contributed by atoms with E-state index in [4.69, 9.17) is 6.42 Å². The number of hydrogen-bond donors (Lipinski definition) is 1. The van der Waals surface area contributed by atoms with E-state index in [1.54, 1.807) is 0 Å². The van der Waals surface area contributed by atoms with Crippen molar-refractivity contribution >= 4 is 0 Å². The average molecular weight is 166 g/mol. The van der Waals surface area contributed by atoms with E-state index in [-0.39, 0.29) is 5.41 Å². The van der Waals surface area contributed by atoms with Gasteiger partial charge < -0.3 is 5.11 Å². The zero-order valence-corrected chi connectivity index (χ0v) is 8.06. The third-order valence-electron chi connectivity index (χ3n) is 3.30. The molecule has 0 spiro atoms. The van der Waals surface area contributed by atoms with Gasteiger partial charge in [0.25, 0.3) is 0 Å². The van der Waals surface area contributed by atoms with Gasteiger partial charge in [-0.15, -0.1) is 12.3 Å². The molecule has 0 saturated heterocycles. The van der Waals surface area contributed by atoms with E-state index in [2.05, 4.69) is 19.8 Å². The molecule has 0 aromatic heterocycles. The lowest BCUT2D eigenvalue weighted by atomic mass is 9.64. The second-order valence-corrected chi connectivity index (χ2v) is 4.50. The molecule has 68 valence electrons. The van der Waals surface area contributed by atoms with Crippen molar-refractivity contribution in [3.05, 3.63) is 0 Å². The first-order valence-corrected chi connectivity index (χ1v) is 4.68. The van der Waals surface area contributed by atoms with E-state index < -0.39 is 5.60 Å². The van der Waals surface area contributed by atoms with E-state index in [0.717, 1.165) is 19.3 Å². The summed E-state index contributed by atoms with van der Waals surface area (Å²) in [6.45, 7) is 4.23. The van der Waals surface area contributed by atoms with Crippen molar-refractivity contribution in [1.29, 1.82) is 0 Å². The van der Waals surface area contributed by atoms with Crippen molar-refractivity contribution in [2.75, 3.05) is 0 Å². The molecule has 0 heterocycles. The Bertz CT molecular complexity index is 200. The van der Waals surface area contributed by atoms with Gasteiger partial charge in [-0.05, 0) is 18.3 Å². The Labute approximate surface area is 75.2 Å². The van der Waals surface area contributed by atoms with Gasteiger partial charge in [0.05, 0.1) is 5.60 Å². The van der Waals surface area contributed by atoms with Gasteiger partial charge in [0.15, 0.2) is 0 Å². The molecule has 1 nitrogen and oxygen atoms in total. The van der Waals surface area contributed by atoms with Crippen LogP contribution in [-0.2, 0) is 0 Å². The predicted octanol–water partition coefficient (Wildman–Crippen LogP) is 2.34. The summed E-state index contributed by atoms with van der Waals surface area (Å²) in [6, 6.07) is 0. The number of aliphatic hydroxyl groups is 1. The fourth-order valence-corrected chi connectivity index (χ4v) is 2.05. The lowest BCUT2D eigenvalue weighted by molar-refractivity contribution is -0.0923. The molecule has 0 radical (unpaired) electrons. The van der Waals surface area contributed by atoms with Crippen LogP contribution in [0.1, 0.15) is 46.0 Å². The van der Waals surface area contributed by atoms with Gasteiger partial charge in [-0.1, -0.05) is 26.7 Å². The topological polar surface area (TPSA) is 20.2 Å². The van der Waals surface area contributed by atoms with Gasteiger partial charge in [0, 0.05) is 6.42 Å². The van der Waals surface area contributed by atoms with Crippen LogP contribution in [0.25, 0.3) is 0 Å². The molecule has 1 rings (SSSR count). The Morgan fingerprint density at radius 3 is 2.42 bits per heavy atom. The van der Waals surface area contributed by atoms with Crippen LogP contribution in [0.5, 0.6) is 0 Å². The van der Waals surface area contributed by atoms with Crippen molar-refractivity contribution < 1.29 is 5.11 Å².